The van der Waals surface area contributed by atoms with Crippen LogP contribution in [-0.4, -0.2) is 75.6 Å². The van der Waals surface area contributed by atoms with Crippen molar-refractivity contribution in [1.82, 2.24) is 14.4 Å². The zero-order valence-electron chi connectivity index (χ0n) is 18.9. The van der Waals surface area contributed by atoms with Crippen LogP contribution in [0.25, 0.3) is 6.08 Å². The third-order valence-electron chi connectivity index (χ3n) is 5.75. The van der Waals surface area contributed by atoms with E-state index in [1.165, 1.54) is 16.3 Å². The molecule has 0 atom stereocenters. The Morgan fingerprint density at radius 1 is 1.25 bits per heavy atom. The molecule has 1 amide bonds. The van der Waals surface area contributed by atoms with Crippen LogP contribution in [0.2, 0.25) is 0 Å². The number of aliphatic hydroxyl groups is 1. The number of nitrogens with zero attached hydrogens (tertiary/aromatic N) is 5. The number of aliphatic hydroxyl groups excluding tert-OH is 1. The quantitative estimate of drug-likeness (QED) is 0.489. The topological polar surface area (TPSA) is 92.8 Å². The van der Waals surface area contributed by atoms with Gasteiger partial charge in [0, 0.05) is 51.9 Å². The van der Waals surface area contributed by atoms with Crippen molar-refractivity contribution in [3.8, 4) is 6.07 Å². The summed E-state index contributed by atoms with van der Waals surface area (Å²) in [4.78, 5) is 32.3. The first-order chi connectivity index (χ1) is 15.2. The number of hydrogen-bond acceptors (Lipinski definition) is 8. The number of pyridine rings is 1. The largest absolute Gasteiger partial charge is 0.395 e. The molecule has 8 nitrogen and oxygen atoms in total. The van der Waals surface area contributed by atoms with Gasteiger partial charge in [0.2, 0.25) is 0 Å². The van der Waals surface area contributed by atoms with E-state index in [1.807, 2.05) is 19.9 Å². The molecule has 0 unspecified atom stereocenters. The van der Waals surface area contributed by atoms with Crippen LogP contribution in [0, 0.1) is 24.2 Å². The lowest BCUT2D eigenvalue weighted by Crippen LogP contribution is -2.49. The summed E-state index contributed by atoms with van der Waals surface area (Å²) in [6.07, 6.45) is 1.78. The van der Waals surface area contributed by atoms with Gasteiger partial charge in [0.15, 0.2) is 0 Å². The number of thiocarbonyl (C=S) groups is 1. The van der Waals surface area contributed by atoms with Gasteiger partial charge < -0.3 is 10.0 Å². The summed E-state index contributed by atoms with van der Waals surface area (Å²) in [5.74, 6) is 0.843. The second-order valence-electron chi connectivity index (χ2n) is 8.45. The Kier molecular flexibility index (Phi) is 7.77. The Morgan fingerprint density at radius 2 is 1.91 bits per heavy atom. The number of rotatable bonds is 6. The van der Waals surface area contributed by atoms with E-state index in [4.69, 9.17) is 12.2 Å². The fourth-order valence-corrected chi connectivity index (χ4v) is 5.33. The van der Waals surface area contributed by atoms with Gasteiger partial charge in [-0.25, -0.2) is 0 Å². The third kappa shape index (κ3) is 4.76. The number of piperazine rings is 1. The highest BCUT2D eigenvalue weighted by atomic mass is 32.2. The molecule has 0 radical (unpaired) electrons. The summed E-state index contributed by atoms with van der Waals surface area (Å²) in [5.41, 5.74) is 1.00. The Bertz CT molecular complexity index is 1050. The summed E-state index contributed by atoms with van der Waals surface area (Å²) in [7, 11) is 1.67. The molecule has 1 N–H and O–H groups in total. The zero-order chi connectivity index (χ0) is 23.6. The molecule has 0 bridgehead atoms. The molecule has 1 aromatic rings. The van der Waals surface area contributed by atoms with Gasteiger partial charge >= 0.3 is 0 Å². The SMILES string of the molecule is Cc1c(/C=C2\SC(=S)N(CC(C)C)C2=O)c(N2CCN(CCO)CC2)n(C)c(=O)c1C#N. The van der Waals surface area contributed by atoms with E-state index >= 15 is 0 Å². The van der Waals surface area contributed by atoms with Crippen molar-refractivity contribution < 1.29 is 9.90 Å². The summed E-state index contributed by atoms with van der Waals surface area (Å²) in [5, 5.41) is 18.8. The molecule has 3 rings (SSSR count). The predicted octanol–water partition coefficient (Wildman–Crippen LogP) is 1.54. The normalized spacial score (nSPS) is 18.8. The van der Waals surface area contributed by atoms with Gasteiger partial charge in [-0.15, -0.1) is 0 Å². The van der Waals surface area contributed by atoms with Crippen LogP contribution in [0.3, 0.4) is 0 Å². The van der Waals surface area contributed by atoms with E-state index in [-0.39, 0.29) is 29.6 Å². The van der Waals surface area contributed by atoms with Crippen molar-refractivity contribution in [2.24, 2.45) is 13.0 Å². The molecule has 2 saturated heterocycles. The Labute approximate surface area is 198 Å². The molecule has 0 aromatic carbocycles. The van der Waals surface area contributed by atoms with E-state index in [0.717, 1.165) is 13.1 Å². The maximum absolute atomic E-state index is 13.0. The summed E-state index contributed by atoms with van der Waals surface area (Å²) < 4.78 is 2.03. The van der Waals surface area contributed by atoms with Crippen LogP contribution >= 0.6 is 24.0 Å². The first-order valence-corrected chi connectivity index (χ1v) is 11.9. The lowest BCUT2D eigenvalue weighted by Gasteiger charge is -2.37. The number of hydrogen-bond donors (Lipinski definition) is 1. The smallest absolute Gasteiger partial charge is 0.270 e. The van der Waals surface area contributed by atoms with E-state index in [2.05, 4.69) is 9.80 Å². The fourth-order valence-electron chi connectivity index (χ4n) is 4.07. The number of nitriles is 1. The molecular weight excluding hydrogens is 446 g/mol. The van der Waals surface area contributed by atoms with Crippen LogP contribution in [0.15, 0.2) is 9.70 Å². The van der Waals surface area contributed by atoms with Gasteiger partial charge in [-0.05, 0) is 24.5 Å². The molecule has 0 aliphatic carbocycles. The monoisotopic (exact) mass is 475 g/mol. The summed E-state index contributed by atoms with van der Waals surface area (Å²) in [6, 6.07) is 2.03. The molecule has 2 fully saturated rings. The fraction of sp³-hybridized carbons (Fsp3) is 0.545. The van der Waals surface area contributed by atoms with Crippen LogP contribution in [0.5, 0.6) is 0 Å². The lowest BCUT2D eigenvalue weighted by atomic mass is 10.0. The Morgan fingerprint density at radius 3 is 2.47 bits per heavy atom. The molecule has 10 heteroatoms. The number of carbonyl (C=O) groups is 1. The molecular formula is C22H29N5O3S2. The highest BCUT2D eigenvalue weighted by Gasteiger charge is 2.33. The third-order valence-corrected chi connectivity index (χ3v) is 7.13. The van der Waals surface area contributed by atoms with E-state index in [1.54, 1.807) is 24.9 Å². The molecule has 2 aliphatic rings. The van der Waals surface area contributed by atoms with Crippen molar-refractivity contribution in [1.29, 1.82) is 5.26 Å². The van der Waals surface area contributed by atoms with Crippen molar-refractivity contribution >= 4 is 46.1 Å². The van der Waals surface area contributed by atoms with Gasteiger partial charge in [-0.3, -0.25) is 24.0 Å². The molecule has 2 aliphatic heterocycles. The van der Waals surface area contributed by atoms with E-state index in [0.29, 0.717) is 52.3 Å². The van der Waals surface area contributed by atoms with Gasteiger partial charge in [0.05, 0.1) is 11.5 Å². The first-order valence-electron chi connectivity index (χ1n) is 10.7. The highest BCUT2D eigenvalue weighted by molar-refractivity contribution is 8.26. The average molecular weight is 476 g/mol. The van der Waals surface area contributed by atoms with Crippen molar-refractivity contribution in [3.63, 3.8) is 0 Å². The van der Waals surface area contributed by atoms with Crippen molar-refractivity contribution in [2.75, 3.05) is 50.8 Å². The maximum Gasteiger partial charge on any atom is 0.270 e. The van der Waals surface area contributed by atoms with Crippen LogP contribution in [0.1, 0.15) is 30.5 Å². The number of thioether (sulfide) groups is 1. The second kappa shape index (κ2) is 10.2. The summed E-state index contributed by atoms with van der Waals surface area (Å²) >= 11 is 6.69. The number of β-amino-alcohol motifs (C(OH)–C–C–N with tert-alkyl or cyclic N) is 1. The van der Waals surface area contributed by atoms with E-state index in [9.17, 15) is 20.0 Å². The minimum absolute atomic E-state index is 0.0825. The van der Waals surface area contributed by atoms with Gasteiger partial charge in [0.1, 0.15) is 21.8 Å². The number of anilines is 1. The first kappa shape index (κ1) is 24.5. The highest BCUT2D eigenvalue weighted by Crippen LogP contribution is 2.36. The number of carbonyl (C=O) groups excluding carboxylic acids is 1. The van der Waals surface area contributed by atoms with E-state index < -0.39 is 0 Å². The predicted molar refractivity (Wildman–Crippen MR) is 132 cm³/mol. The molecule has 1 aromatic heterocycles. The molecule has 32 heavy (non-hydrogen) atoms. The second-order valence-corrected chi connectivity index (χ2v) is 10.1. The minimum Gasteiger partial charge on any atom is -0.395 e. The Hall–Kier alpha value is -2.19. The van der Waals surface area contributed by atoms with Gasteiger partial charge in [0.25, 0.3) is 11.5 Å². The van der Waals surface area contributed by atoms with Gasteiger partial charge in [-0.2, -0.15) is 5.26 Å². The summed E-state index contributed by atoms with van der Waals surface area (Å²) in [6.45, 7) is 9.96. The van der Waals surface area contributed by atoms with Crippen LogP contribution < -0.4 is 10.5 Å². The molecule has 3 heterocycles. The molecule has 172 valence electrons. The number of aromatic nitrogens is 1. The maximum atomic E-state index is 13.0. The number of amides is 1. The zero-order valence-corrected chi connectivity index (χ0v) is 20.6. The minimum atomic E-state index is -0.345. The molecule has 0 spiro atoms. The standard InChI is InChI=1S/C22H29N5O3S2/c1-14(2)13-27-21(30)18(32-22(27)31)11-16-15(3)17(12-23)20(29)24(4)19(16)26-7-5-25(6-8-26)9-10-28/h11,14,28H,5-10,13H2,1-4H3/b18-11-. The van der Waals surface area contributed by atoms with Crippen LogP contribution in [0.4, 0.5) is 5.82 Å². The van der Waals surface area contributed by atoms with Crippen molar-refractivity contribution in [3.05, 3.63) is 31.9 Å². The van der Waals surface area contributed by atoms with Crippen molar-refractivity contribution in [2.45, 2.75) is 20.8 Å². The van der Waals surface area contributed by atoms with Crippen LogP contribution in [-0.2, 0) is 11.8 Å². The lowest BCUT2D eigenvalue weighted by molar-refractivity contribution is -0.122. The Balaban J connectivity index is 2.08. The average Bonchev–Trinajstić information content (AvgIpc) is 3.01. The van der Waals surface area contributed by atoms with Gasteiger partial charge in [-0.1, -0.05) is 37.8 Å². The molecule has 0 saturated carbocycles.